The summed E-state index contributed by atoms with van der Waals surface area (Å²) in [7, 11) is -1.12. The zero-order chi connectivity index (χ0) is 12.4. The fourth-order valence-electron chi connectivity index (χ4n) is 1.43. The van der Waals surface area contributed by atoms with Crippen molar-refractivity contribution in [2.24, 2.45) is 0 Å². The van der Waals surface area contributed by atoms with Gasteiger partial charge in [-0.1, -0.05) is 0 Å². The van der Waals surface area contributed by atoms with Crippen molar-refractivity contribution in [2.45, 2.75) is 0 Å². The molecule has 10 nitrogen and oxygen atoms in total. The average molecular weight is 237 g/mol. The van der Waals surface area contributed by atoms with Gasteiger partial charge in [-0.15, -0.1) is 0 Å². The van der Waals surface area contributed by atoms with Crippen LogP contribution in [-0.2, 0) is 0 Å². The number of hydrogen-bond acceptors (Lipinski definition) is 6. The van der Waals surface area contributed by atoms with Crippen LogP contribution in [0.5, 0.6) is 0 Å². The van der Waals surface area contributed by atoms with E-state index in [4.69, 9.17) is 0 Å². The number of nitrogens with zero attached hydrogens (tertiary/aromatic N) is 6. The molecular formula is C6H6BN6O4-. The van der Waals surface area contributed by atoms with Crippen molar-refractivity contribution in [1.29, 1.82) is 0 Å². The van der Waals surface area contributed by atoms with Gasteiger partial charge in [0.05, 0.1) is 12.1 Å². The van der Waals surface area contributed by atoms with Gasteiger partial charge >= 0.3 is 11.6 Å². The van der Waals surface area contributed by atoms with Gasteiger partial charge in [0.25, 0.3) is 0 Å². The van der Waals surface area contributed by atoms with E-state index in [1.165, 1.54) is 33.7 Å². The summed E-state index contributed by atoms with van der Waals surface area (Å²) in [5.74, 6) is -0.509. The smallest absolute Gasteiger partial charge is 0.358 e. The van der Waals surface area contributed by atoms with Crippen molar-refractivity contribution in [1.82, 2.24) is 19.4 Å². The molecule has 0 aromatic carbocycles. The van der Waals surface area contributed by atoms with Gasteiger partial charge in [-0.2, -0.15) is 0 Å². The van der Waals surface area contributed by atoms with E-state index >= 15 is 0 Å². The molecule has 0 N–H and O–H groups in total. The van der Waals surface area contributed by atoms with Gasteiger partial charge < -0.3 is 29.4 Å². The van der Waals surface area contributed by atoms with Gasteiger partial charge in [-0.3, -0.25) is 0 Å². The Labute approximate surface area is 94.0 Å². The molecule has 0 aliphatic heterocycles. The number of nitro groups is 2. The highest BCUT2D eigenvalue weighted by Gasteiger charge is 2.11. The van der Waals surface area contributed by atoms with Gasteiger partial charge in [0.1, 0.15) is 0 Å². The molecule has 0 saturated heterocycles. The summed E-state index contributed by atoms with van der Waals surface area (Å²) in [6.45, 7) is 0. The van der Waals surface area contributed by atoms with Crippen LogP contribution in [0.15, 0.2) is 24.5 Å². The minimum absolute atomic E-state index is 0.254. The van der Waals surface area contributed by atoms with Gasteiger partial charge in [0, 0.05) is 22.6 Å². The Morgan fingerprint density at radius 2 is 1.41 bits per heavy atom. The largest absolute Gasteiger partial charge is 0.385 e. The Bertz CT molecular complexity index is 526. The van der Waals surface area contributed by atoms with Gasteiger partial charge in [-0.25, -0.2) is 0 Å². The number of aromatic nitrogens is 4. The quantitative estimate of drug-likeness (QED) is 0.393. The first-order chi connectivity index (χ1) is 8.06. The predicted molar refractivity (Wildman–Crippen MR) is 57.1 cm³/mol. The number of rotatable bonds is 4. The van der Waals surface area contributed by atoms with E-state index in [9.17, 15) is 20.2 Å². The van der Waals surface area contributed by atoms with Crippen molar-refractivity contribution in [3.8, 4) is 0 Å². The highest BCUT2D eigenvalue weighted by Crippen LogP contribution is 2.06. The standard InChI is InChI=1S/C6H6BN6O4/c14-12(15)5-1-3-10(8-5)7-11-4-2-6(9-11)13(16)17/h1-4H,7H2/q-1. The molecule has 0 saturated carbocycles. The van der Waals surface area contributed by atoms with Crippen molar-refractivity contribution < 1.29 is 9.85 Å². The summed E-state index contributed by atoms with van der Waals surface area (Å²) in [6, 6.07) is 2.53. The Balaban J connectivity index is 2.13. The number of hydrogen-bond donors (Lipinski definition) is 0. The minimum atomic E-state index is -1.12. The van der Waals surface area contributed by atoms with Crippen LogP contribution in [0, 0.1) is 20.2 Å². The summed E-state index contributed by atoms with van der Waals surface area (Å²) < 4.78 is 2.77. The Morgan fingerprint density at radius 3 is 1.71 bits per heavy atom. The van der Waals surface area contributed by atoms with Crippen LogP contribution in [-0.4, -0.2) is 36.8 Å². The molecule has 0 unspecified atom stereocenters. The first-order valence-corrected chi connectivity index (χ1v) is 4.68. The molecule has 0 fully saturated rings. The third-order valence-electron chi connectivity index (χ3n) is 2.18. The monoisotopic (exact) mass is 237 g/mol. The van der Waals surface area contributed by atoms with E-state index in [0.29, 0.717) is 0 Å². The van der Waals surface area contributed by atoms with E-state index in [1.54, 1.807) is 0 Å². The van der Waals surface area contributed by atoms with Crippen molar-refractivity contribution in [3.63, 3.8) is 0 Å². The summed E-state index contributed by atoms with van der Waals surface area (Å²) >= 11 is 0. The first-order valence-electron chi connectivity index (χ1n) is 4.68. The molecule has 0 radical (unpaired) electrons. The molecule has 2 aromatic rings. The first kappa shape index (κ1) is 10.8. The van der Waals surface area contributed by atoms with Crippen LogP contribution in [0.1, 0.15) is 0 Å². The third kappa shape index (κ3) is 2.27. The van der Waals surface area contributed by atoms with Crippen molar-refractivity contribution in [2.75, 3.05) is 0 Å². The fraction of sp³-hybridized carbons (Fsp3) is 0. The van der Waals surface area contributed by atoms with Crippen LogP contribution in [0.4, 0.5) is 11.6 Å². The molecule has 17 heavy (non-hydrogen) atoms. The summed E-state index contributed by atoms with van der Waals surface area (Å²) in [4.78, 5) is 19.6. The Kier molecular flexibility index (Phi) is 2.56. The maximum absolute atomic E-state index is 10.4. The van der Waals surface area contributed by atoms with E-state index in [2.05, 4.69) is 10.2 Å². The molecule has 11 heteroatoms. The predicted octanol–water partition coefficient (Wildman–Crippen LogP) is -0.709. The lowest BCUT2D eigenvalue weighted by molar-refractivity contribution is -0.389. The van der Waals surface area contributed by atoms with Crippen LogP contribution in [0.2, 0.25) is 0 Å². The normalized spacial score (nSPS) is 10.4. The van der Waals surface area contributed by atoms with Crippen LogP contribution in [0.25, 0.3) is 0 Å². The SMILES string of the molecule is O=[N+]([O-])c1ccn([BH2-]n2ccc([N+](=O)[O-])n2)n1. The minimum Gasteiger partial charge on any atom is -0.358 e. The molecule has 2 aromatic heterocycles. The molecule has 0 amide bonds. The summed E-state index contributed by atoms with van der Waals surface area (Å²) in [5.41, 5.74) is 0. The van der Waals surface area contributed by atoms with Crippen LogP contribution >= 0.6 is 0 Å². The topological polar surface area (TPSA) is 122 Å². The Morgan fingerprint density at radius 1 is 1.00 bits per heavy atom. The molecule has 2 rings (SSSR count). The lowest BCUT2D eigenvalue weighted by atomic mass is 10.2. The molecular weight excluding hydrogens is 231 g/mol. The van der Waals surface area contributed by atoms with E-state index in [0.717, 1.165) is 0 Å². The molecule has 0 atom stereocenters. The third-order valence-corrected chi connectivity index (χ3v) is 2.18. The molecule has 0 bridgehead atoms. The lowest BCUT2D eigenvalue weighted by Gasteiger charge is -1.99. The molecule has 88 valence electrons. The van der Waals surface area contributed by atoms with Gasteiger partial charge in [0.15, 0.2) is 0 Å². The lowest BCUT2D eigenvalue weighted by Crippen LogP contribution is -2.18. The zero-order valence-corrected chi connectivity index (χ0v) is 8.63. The maximum Gasteiger partial charge on any atom is 0.385 e. The zero-order valence-electron chi connectivity index (χ0n) is 8.63. The van der Waals surface area contributed by atoms with Crippen LogP contribution < -0.4 is 0 Å². The van der Waals surface area contributed by atoms with Gasteiger partial charge in [0.2, 0.25) is 7.55 Å². The molecule has 0 aliphatic rings. The van der Waals surface area contributed by atoms with E-state index < -0.39 is 17.4 Å². The second-order valence-corrected chi connectivity index (χ2v) is 3.41. The van der Waals surface area contributed by atoms with Crippen LogP contribution in [0.3, 0.4) is 0 Å². The van der Waals surface area contributed by atoms with Crippen molar-refractivity contribution >= 4 is 19.2 Å². The maximum atomic E-state index is 10.4. The van der Waals surface area contributed by atoms with E-state index in [-0.39, 0.29) is 11.6 Å². The second-order valence-electron chi connectivity index (χ2n) is 3.41. The van der Waals surface area contributed by atoms with E-state index in [1.807, 2.05) is 0 Å². The summed E-state index contributed by atoms with van der Waals surface area (Å²) in [5, 5.41) is 28.2. The molecule has 0 spiro atoms. The molecule has 0 aliphatic carbocycles. The fourth-order valence-corrected chi connectivity index (χ4v) is 1.43. The molecule has 2 heterocycles. The average Bonchev–Trinajstić information content (AvgIpc) is 2.87. The summed E-state index contributed by atoms with van der Waals surface area (Å²) in [6.07, 6.45) is 2.90. The second kappa shape index (κ2) is 4.04. The van der Waals surface area contributed by atoms with Crippen molar-refractivity contribution in [3.05, 3.63) is 44.8 Å². The van der Waals surface area contributed by atoms with Gasteiger partial charge in [-0.05, 0) is 9.85 Å². The highest BCUT2D eigenvalue weighted by molar-refractivity contribution is 6.30. The highest BCUT2D eigenvalue weighted by atomic mass is 16.6. The Hall–Kier alpha value is -2.72.